The van der Waals surface area contributed by atoms with Crippen LogP contribution >= 0.6 is 0 Å². The standard InChI is InChI=1S/C18H14N2O3/c1-22-11-7-13-16(14(8-11)23-2)20-18-15(17(13)21)12-6-4-3-5-10(12)9-19-18/h3-9H,1-2H3,(H,19,20,21). The Kier molecular flexibility index (Phi) is 2.94. The second-order valence-electron chi connectivity index (χ2n) is 5.28. The van der Waals surface area contributed by atoms with Gasteiger partial charge in [-0.15, -0.1) is 0 Å². The SMILES string of the molecule is COc1cc(OC)c2[nH]c3ncc4ccccc4c3c(=O)c2c1. The minimum atomic E-state index is -0.0877. The lowest BCUT2D eigenvalue weighted by Crippen LogP contribution is -2.07. The van der Waals surface area contributed by atoms with Gasteiger partial charge in [0.1, 0.15) is 17.1 Å². The Morgan fingerprint density at radius 2 is 1.87 bits per heavy atom. The van der Waals surface area contributed by atoms with Gasteiger partial charge >= 0.3 is 0 Å². The van der Waals surface area contributed by atoms with E-state index < -0.39 is 0 Å². The van der Waals surface area contributed by atoms with Crippen molar-refractivity contribution in [3.05, 3.63) is 52.8 Å². The molecule has 0 radical (unpaired) electrons. The second-order valence-corrected chi connectivity index (χ2v) is 5.28. The summed E-state index contributed by atoms with van der Waals surface area (Å²) in [7, 11) is 3.12. The fourth-order valence-corrected chi connectivity index (χ4v) is 2.92. The van der Waals surface area contributed by atoms with E-state index >= 15 is 0 Å². The first-order valence-electron chi connectivity index (χ1n) is 7.18. The van der Waals surface area contributed by atoms with Crippen molar-refractivity contribution < 1.29 is 9.47 Å². The zero-order chi connectivity index (χ0) is 16.0. The highest BCUT2D eigenvalue weighted by molar-refractivity contribution is 6.08. The Morgan fingerprint density at radius 1 is 1.04 bits per heavy atom. The molecule has 0 saturated heterocycles. The summed E-state index contributed by atoms with van der Waals surface area (Å²) in [5, 5.41) is 2.90. The molecule has 0 aliphatic rings. The van der Waals surface area contributed by atoms with E-state index in [1.54, 1.807) is 32.5 Å². The molecule has 0 fully saturated rings. The summed E-state index contributed by atoms with van der Waals surface area (Å²) < 4.78 is 10.7. The Bertz CT molecular complexity index is 1120. The minimum Gasteiger partial charge on any atom is -0.497 e. The topological polar surface area (TPSA) is 64.2 Å². The minimum absolute atomic E-state index is 0.0877. The number of methoxy groups -OCH3 is 2. The monoisotopic (exact) mass is 306 g/mol. The van der Waals surface area contributed by atoms with Crippen LogP contribution in [0.4, 0.5) is 0 Å². The number of fused-ring (bicyclic) bond motifs is 4. The van der Waals surface area contributed by atoms with Crippen LogP contribution in [-0.4, -0.2) is 24.2 Å². The van der Waals surface area contributed by atoms with E-state index in [9.17, 15) is 4.79 Å². The number of nitrogens with one attached hydrogen (secondary N) is 1. The average molecular weight is 306 g/mol. The quantitative estimate of drug-likeness (QED) is 0.456. The largest absolute Gasteiger partial charge is 0.497 e. The zero-order valence-electron chi connectivity index (χ0n) is 12.7. The van der Waals surface area contributed by atoms with Gasteiger partial charge in [0.25, 0.3) is 0 Å². The predicted octanol–water partition coefficient (Wildman–Crippen LogP) is 3.25. The maximum absolute atomic E-state index is 13.1. The summed E-state index contributed by atoms with van der Waals surface area (Å²) in [4.78, 5) is 20.7. The first-order valence-corrected chi connectivity index (χ1v) is 7.18. The molecule has 0 amide bonds. The van der Waals surface area contributed by atoms with Crippen LogP contribution in [-0.2, 0) is 0 Å². The van der Waals surface area contributed by atoms with Crippen molar-refractivity contribution in [2.24, 2.45) is 0 Å². The van der Waals surface area contributed by atoms with Crippen LogP contribution in [0, 0.1) is 0 Å². The molecule has 0 unspecified atom stereocenters. The summed E-state index contributed by atoms with van der Waals surface area (Å²) in [6, 6.07) is 11.2. The third-order valence-electron chi connectivity index (χ3n) is 4.05. The molecule has 0 aliphatic carbocycles. The number of aromatic amines is 1. The molecule has 4 rings (SSSR count). The van der Waals surface area contributed by atoms with Gasteiger partial charge in [-0.05, 0) is 11.5 Å². The molecule has 114 valence electrons. The predicted molar refractivity (Wildman–Crippen MR) is 90.5 cm³/mol. The number of aromatic nitrogens is 2. The van der Waals surface area contributed by atoms with Gasteiger partial charge in [-0.1, -0.05) is 24.3 Å². The number of ether oxygens (including phenoxy) is 2. The Hall–Kier alpha value is -3.08. The molecule has 0 bridgehead atoms. The molecule has 5 nitrogen and oxygen atoms in total. The van der Waals surface area contributed by atoms with Crippen molar-refractivity contribution in [3.8, 4) is 11.5 Å². The third kappa shape index (κ3) is 1.93. The maximum atomic E-state index is 13.1. The second kappa shape index (κ2) is 4.98. The number of rotatable bonds is 2. The molecule has 5 heteroatoms. The van der Waals surface area contributed by atoms with Crippen LogP contribution in [0.3, 0.4) is 0 Å². The molecule has 2 heterocycles. The summed E-state index contributed by atoms with van der Waals surface area (Å²) in [5.41, 5.74) is 1.08. The number of benzene rings is 2. The number of nitrogens with zero attached hydrogens (tertiary/aromatic N) is 1. The molecule has 1 N–H and O–H groups in total. The van der Waals surface area contributed by atoms with Gasteiger partial charge in [0.15, 0.2) is 5.43 Å². The fraction of sp³-hybridized carbons (Fsp3) is 0.111. The van der Waals surface area contributed by atoms with Crippen LogP contribution in [0.5, 0.6) is 11.5 Å². The Morgan fingerprint density at radius 3 is 2.65 bits per heavy atom. The number of hydrogen-bond donors (Lipinski definition) is 1. The zero-order valence-corrected chi connectivity index (χ0v) is 12.7. The first kappa shape index (κ1) is 13.6. The van der Waals surface area contributed by atoms with Crippen molar-refractivity contribution in [2.75, 3.05) is 14.2 Å². The van der Waals surface area contributed by atoms with E-state index in [4.69, 9.17) is 9.47 Å². The van der Waals surface area contributed by atoms with Crippen LogP contribution < -0.4 is 14.9 Å². The van der Waals surface area contributed by atoms with Crippen LogP contribution in [0.25, 0.3) is 32.7 Å². The summed E-state index contributed by atoms with van der Waals surface area (Å²) >= 11 is 0. The van der Waals surface area contributed by atoms with E-state index in [2.05, 4.69) is 9.97 Å². The van der Waals surface area contributed by atoms with Gasteiger partial charge in [0.05, 0.1) is 30.5 Å². The van der Waals surface area contributed by atoms with Crippen molar-refractivity contribution in [3.63, 3.8) is 0 Å². The van der Waals surface area contributed by atoms with E-state index in [1.165, 1.54) is 0 Å². The Balaban J connectivity index is 2.27. The summed E-state index contributed by atoms with van der Waals surface area (Å²) in [6.45, 7) is 0. The number of pyridine rings is 2. The highest BCUT2D eigenvalue weighted by Gasteiger charge is 2.14. The van der Waals surface area contributed by atoms with Gasteiger partial charge in [0.2, 0.25) is 0 Å². The Labute approximate surface area is 131 Å². The number of hydrogen-bond acceptors (Lipinski definition) is 4. The molecule has 2 aromatic heterocycles. The van der Waals surface area contributed by atoms with Crippen LogP contribution in [0.15, 0.2) is 47.4 Å². The fourth-order valence-electron chi connectivity index (χ4n) is 2.92. The lowest BCUT2D eigenvalue weighted by molar-refractivity contribution is 0.397. The van der Waals surface area contributed by atoms with Crippen molar-refractivity contribution in [1.29, 1.82) is 0 Å². The van der Waals surface area contributed by atoms with E-state index in [0.29, 0.717) is 33.4 Å². The molecular formula is C18H14N2O3. The summed E-state index contributed by atoms with van der Waals surface area (Å²) in [6.07, 6.45) is 1.76. The van der Waals surface area contributed by atoms with Gasteiger partial charge in [-0.2, -0.15) is 0 Å². The van der Waals surface area contributed by atoms with Gasteiger partial charge in [-0.3, -0.25) is 4.79 Å². The van der Waals surface area contributed by atoms with E-state index in [0.717, 1.165) is 10.8 Å². The molecule has 23 heavy (non-hydrogen) atoms. The molecule has 0 atom stereocenters. The smallest absolute Gasteiger partial charge is 0.199 e. The molecule has 2 aromatic carbocycles. The van der Waals surface area contributed by atoms with Crippen molar-refractivity contribution in [2.45, 2.75) is 0 Å². The number of H-pyrrole nitrogens is 1. The highest BCUT2D eigenvalue weighted by atomic mass is 16.5. The van der Waals surface area contributed by atoms with E-state index in [1.807, 2.05) is 24.3 Å². The van der Waals surface area contributed by atoms with Gasteiger partial charge < -0.3 is 14.5 Å². The molecule has 4 aromatic rings. The first-order chi connectivity index (χ1) is 11.2. The van der Waals surface area contributed by atoms with Crippen molar-refractivity contribution in [1.82, 2.24) is 9.97 Å². The average Bonchev–Trinajstić information content (AvgIpc) is 2.60. The van der Waals surface area contributed by atoms with Gasteiger partial charge in [-0.25, -0.2) is 4.98 Å². The molecule has 0 saturated carbocycles. The maximum Gasteiger partial charge on any atom is 0.199 e. The molecule has 0 aliphatic heterocycles. The molecular weight excluding hydrogens is 292 g/mol. The van der Waals surface area contributed by atoms with Crippen LogP contribution in [0.2, 0.25) is 0 Å². The lowest BCUT2D eigenvalue weighted by atomic mass is 10.1. The highest BCUT2D eigenvalue weighted by Crippen LogP contribution is 2.30. The summed E-state index contributed by atoms with van der Waals surface area (Å²) in [5.74, 6) is 1.13. The lowest BCUT2D eigenvalue weighted by Gasteiger charge is -2.10. The molecule has 0 spiro atoms. The third-order valence-corrected chi connectivity index (χ3v) is 4.05. The van der Waals surface area contributed by atoms with E-state index in [-0.39, 0.29) is 5.43 Å². The van der Waals surface area contributed by atoms with Crippen molar-refractivity contribution >= 4 is 32.7 Å². The normalized spacial score (nSPS) is 11.2. The van der Waals surface area contributed by atoms with Crippen LogP contribution in [0.1, 0.15) is 0 Å². The van der Waals surface area contributed by atoms with Gasteiger partial charge in [0, 0.05) is 17.6 Å².